The van der Waals surface area contributed by atoms with Crippen LogP contribution < -0.4 is 0 Å². The molecule has 0 spiro atoms. The van der Waals surface area contributed by atoms with Gasteiger partial charge in [-0.05, 0) is 35.4 Å². The zero-order valence-corrected chi connectivity index (χ0v) is 12.7. The minimum absolute atomic E-state index is 0.113. The number of nitrogens with zero attached hydrogens (tertiary/aromatic N) is 2. The predicted molar refractivity (Wildman–Crippen MR) is 90.7 cm³/mol. The molecule has 108 valence electrons. The molecular formula is C19H15ClN2. The number of halogens is 1. The van der Waals surface area contributed by atoms with Crippen LogP contribution >= 0.6 is 11.6 Å². The average Bonchev–Trinajstić information content (AvgIpc) is 2.59. The fraction of sp³-hybridized carbons (Fsp3) is 0.0526. The number of rotatable bonds is 4. The summed E-state index contributed by atoms with van der Waals surface area (Å²) in [4.78, 5) is 0. The van der Waals surface area contributed by atoms with E-state index in [-0.39, 0.29) is 6.04 Å². The van der Waals surface area contributed by atoms with Crippen molar-refractivity contribution in [3.05, 3.63) is 101 Å². The van der Waals surface area contributed by atoms with E-state index in [2.05, 4.69) is 34.5 Å². The van der Waals surface area contributed by atoms with Gasteiger partial charge in [0.25, 0.3) is 0 Å². The van der Waals surface area contributed by atoms with Crippen molar-refractivity contribution in [3.63, 3.8) is 0 Å². The van der Waals surface area contributed by atoms with Crippen molar-refractivity contribution in [1.29, 1.82) is 0 Å². The summed E-state index contributed by atoms with van der Waals surface area (Å²) in [5.41, 5.74) is 3.03. The molecule has 0 aliphatic heterocycles. The maximum Gasteiger partial charge on any atom is 0.121 e. The SMILES string of the molecule is Clc1ccc(N=NC(c2ccccc2)c2ccccc2)cc1. The molecule has 22 heavy (non-hydrogen) atoms. The molecule has 0 heterocycles. The molecule has 3 heteroatoms. The third kappa shape index (κ3) is 3.60. The van der Waals surface area contributed by atoms with Crippen molar-refractivity contribution in [3.8, 4) is 0 Å². The lowest BCUT2D eigenvalue weighted by Crippen LogP contribution is -1.96. The standard InChI is InChI=1S/C19H15ClN2/c20-17-11-13-18(14-12-17)21-22-19(15-7-3-1-4-8-15)16-9-5-2-6-10-16/h1-14,19H. The molecule has 0 atom stereocenters. The lowest BCUT2D eigenvalue weighted by Gasteiger charge is -2.12. The number of hydrogen-bond acceptors (Lipinski definition) is 2. The molecule has 3 rings (SSSR count). The molecule has 3 aromatic rings. The molecule has 0 bridgehead atoms. The first kappa shape index (κ1) is 14.5. The second-order valence-corrected chi connectivity index (χ2v) is 5.35. The molecule has 0 amide bonds. The van der Waals surface area contributed by atoms with E-state index in [1.807, 2.05) is 60.7 Å². The van der Waals surface area contributed by atoms with Crippen molar-refractivity contribution in [2.24, 2.45) is 10.2 Å². The van der Waals surface area contributed by atoms with Crippen LogP contribution in [-0.2, 0) is 0 Å². The second-order valence-electron chi connectivity index (χ2n) is 4.92. The Morgan fingerprint density at radius 3 is 1.64 bits per heavy atom. The van der Waals surface area contributed by atoms with Gasteiger partial charge in [0, 0.05) is 5.02 Å². The van der Waals surface area contributed by atoms with Gasteiger partial charge >= 0.3 is 0 Å². The third-order valence-corrected chi connectivity index (χ3v) is 3.60. The van der Waals surface area contributed by atoms with E-state index in [1.165, 1.54) is 0 Å². The molecule has 2 nitrogen and oxygen atoms in total. The van der Waals surface area contributed by atoms with Gasteiger partial charge in [-0.25, -0.2) is 0 Å². The normalized spacial score (nSPS) is 11.2. The molecule has 0 N–H and O–H groups in total. The summed E-state index contributed by atoms with van der Waals surface area (Å²) in [7, 11) is 0. The first-order valence-corrected chi connectivity index (χ1v) is 7.47. The van der Waals surface area contributed by atoms with Crippen LogP contribution in [0.15, 0.2) is 95.2 Å². The quantitative estimate of drug-likeness (QED) is 0.512. The topological polar surface area (TPSA) is 24.7 Å². The van der Waals surface area contributed by atoms with E-state index in [1.54, 1.807) is 0 Å². The molecule has 3 aromatic carbocycles. The molecule has 0 saturated carbocycles. The van der Waals surface area contributed by atoms with Crippen LogP contribution in [0.1, 0.15) is 17.2 Å². The fourth-order valence-electron chi connectivity index (χ4n) is 2.23. The Bertz CT molecular complexity index is 698. The van der Waals surface area contributed by atoms with E-state index in [9.17, 15) is 0 Å². The summed E-state index contributed by atoms with van der Waals surface area (Å²) >= 11 is 5.89. The smallest absolute Gasteiger partial charge is 0.121 e. The van der Waals surface area contributed by atoms with Crippen LogP contribution in [0, 0.1) is 0 Å². The van der Waals surface area contributed by atoms with Crippen molar-refractivity contribution in [2.45, 2.75) is 6.04 Å². The van der Waals surface area contributed by atoms with E-state index in [4.69, 9.17) is 11.6 Å². The van der Waals surface area contributed by atoms with Gasteiger partial charge < -0.3 is 0 Å². The summed E-state index contributed by atoms with van der Waals surface area (Å²) in [6.07, 6.45) is 0. The second kappa shape index (κ2) is 7.01. The predicted octanol–water partition coefficient (Wildman–Crippen LogP) is 6.21. The molecule has 0 aliphatic carbocycles. The van der Waals surface area contributed by atoms with Gasteiger partial charge in [0.1, 0.15) is 6.04 Å². The fourth-order valence-corrected chi connectivity index (χ4v) is 2.35. The van der Waals surface area contributed by atoms with Crippen LogP contribution in [0.25, 0.3) is 0 Å². The third-order valence-electron chi connectivity index (χ3n) is 3.35. The van der Waals surface area contributed by atoms with Gasteiger partial charge in [-0.2, -0.15) is 10.2 Å². The van der Waals surface area contributed by atoms with Crippen LogP contribution in [0.2, 0.25) is 5.02 Å². The highest BCUT2D eigenvalue weighted by Gasteiger charge is 2.12. The van der Waals surface area contributed by atoms with Gasteiger partial charge in [-0.15, -0.1) is 0 Å². The summed E-state index contributed by atoms with van der Waals surface area (Å²) in [5, 5.41) is 9.61. The van der Waals surface area contributed by atoms with Crippen LogP contribution in [-0.4, -0.2) is 0 Å². The zero-order valence-electron chi connectivity index (χ0n) is 11.9. The highest BCUT2D eigenvalue weighted by Crippen LogP contribution is 2.28. The lowest BCUT2D eigenvalue weighted by atomic mass is 10.00. The first-order valence-electron chi connectivity index (χ1n) is 7.09. The summed E-state index contributed by atoms with van der Waals surface area (Å²) in [5.74, 6) is 0. The Morgan fingerprint density at radius 2 is 1.14 bits per heavy atom. The molecule has 0 aromatic heterocycles. The van der Waals surface area contributed by atoms with Gasteiger partial charge in [-0.3, -0.25) is 0 Å². The van der Waals surface area contributed by atoms with Gasteiger partial charge in [0.2, 0.25) is 0 Å². The Kier molecular flexibility index (Phi) is 4.62. The molecule has 0 unspecified atom stereocenters. The van der Waals surface area contributed by atoms with E-state index in [0.29, 0.717) is 5.02 Å². The van der Waals surface area contributed by atoms with Crippen molar-refractivity contribution in [2.75, 3.05) is 0 Å². The minimum atomic E-state index is -0.113. The maximum absolute atomic E-state index is 5.89. The zero-order chi connectivity index (χ0) is 15.2. The highest BCUT2D eigenvalue weighted by molar-refractivity contribution is 6.30. The number of hydrogen-bond donors (Lipinski definition) is 0. The highest BCUT2D eigenvalue weighted by atomic mass is 35.5. The Balaban J connectivity index is 1.94. The molecule has 0 radical (unpaired) electrons. The molecule has 0 saturated heterocycles. The Labute approximate surface area is 135 Å². The summed E-state index contributed by atoms with van der Waals surface area (Å²) in [6.45, 7) is 0. The molecule has 0 fully saturated rings. The average molecular weight is 307 g/mol. The Hall–Kier alpha value is -2.45. The first-order chi connectivity index (χ1) is 10.8. The van der Waals surface area contributed by atoms with Crippen LogP contribution in [0.5, 0.6) is 0 Å². The van der Waals surface area contributed by atoms with Gasteiger partial charge in [0.05, 0.1) is 5.69 Å². The van der Waals surface area contributed by atoms with Crippen LogP contribution in [0.3, 0.4) is 0 Å². The Morgan fingerprint density at radius 1 is 0.636 bits per heavy atom. The maximum atomic E-state index is 5.89. The van der Waals surface area contributed by atoms with E-state index < -0.39 is 0 Å². The lowest BCUT2D eigenvalue weighted by molar-refractivity contribution is 0.809. The molecule has 0 aliphatic rings. The van der Waals surface area contributed by atoms with Crippen molar-refractivity contribution in [1.82, 2.24) is 0 Å². The largest absolute Gasteiger partial charge is 0.176 e. The monoisotopic (exact) mass is 306 g/mol. The minimum Gasteiger partial charge on any atom is -0.176 e. The van der Waals surface area contributed by atoms with E-state index >= 15 is 0 Å². The van der Waals surface area contributed by atoms with Crippen molar-refractivity contribution >= 4 is 17.3 Å². The summed E-state index contributed by atoms with van der Waals surface area (Å²) in [6, 6.07) is 27.6. The van der Waals surface area contributed by atoms with Crippen LogP contribution in [0.4, 0.5) is 5.69 Å². The van der Waals surface area contributed by atoms with Crippen molar-refractivity contribution < 1.29 is 0 Å². The van der Waals surface area contributed by atoms with Gasteiger partial charge in [-0.1, -0.05) is 72.3 Å². The summed E-state index contributed by atoms with van der Waals surface area (Å²) < 4.78 is 0. The molecular weight excluding hydrogens is 292 g/mol. The van der Waals surface area contributed by atoms with Gasteiger partial charge in [0.15, 0.2) is 0 Å². The number of benzene rings is 3. The van der Waals surface area contributed by atoms with E-state index in [0.717, 1.165) is 16.8 Å². The number of azo groups is 1.